The molecule has 7 nitrogen and oxygen atoms in total. The molecule has 110 valence electrons. The highest BCUT2D eigenvalue weighted by Crippen LogP contribution is 2.24. The van der Waals surface area contributed by atoms with Crippen molar-refractivity contribution in [2.24, 2.45) is 0 Å². The second-order valence-electron chi connectivity index (χ2n) is 4.50. The van der Waals surface area contributed by atoms with E-state index >= 15 is 0 Å². The standard InChI is InChI=1S/C11H15N3O4S2/c1-19-10-4-9(12-7-13-10)14(5-11(15)16)8-2-3-20(17,18)6-8/h4,7-8H,2-3,5-6H2,1H3,(H,15,16). The summed E-state index contributed by atoms with van der Waals surface area (Å²) in [4.78, 5) is 20.7. The Labute approximate surface area is 121 Å². The van der Waals surface area contributed by atoms with Gasteiger partial charge in [0, 0.05) is 12.1 Å². The molecule has 0 saturated carbocycles. The molecule has 1 N–H and O–H groups in total. The van der Waals surface area contributed by atoms with Crippen LogP contribution in [0.3, 0.4) is 0 Å². The van der Waals surface area contributed by atoms with Crippen LogP contribution in [0.2, 0.25) is 0 Å². The highest BCUT2D eigenvalue weighted by Gasteiger charge is 2.34. The normalized spacial score (nSPS) is 20.8. The molecule has 0 spiro atoms. The van der Waals surface area contributed by atoms with Crippen molar-refractivity contribution in [1.82, 2.24) is 9.97 Å². The zero-order valence-electron chi connectivity index (χ0n) is 10.9. The van der Waals surface area contributed by atoms with E-state index in [9.17, 15) is 13.2 Å². The highest BCUT2D eigenvalue weighted by atomic mass is 32.2. The molecule has 1 aromatic rings. The minimum absolute atomic E-state index is 0.0289. The van der Waals surface area contributed by atoms with E-state index in [4.69, 9.17) is 5.11 Å². The van der Waals surface area contributed by atoms with Crippen LogP contribution < -0.4 is 4.90 Å². The van der Waals surface area contributed by atoms with Crippen LogP contribution >= 0.6 is 11.8 Å². The molecule has 1 unspecified atom stereocenters. The second-order valence-corrected chi connectivity index (χ2v) is 7.55. The summed E-state index contributed by atoms with van der Waals surface area (Å²) >= 11 is 1.42. The summed E-state index contributed by atoms with van der Waals surface area (Å²) in [6, 6.07) is 1.33. The lowest BCUT2D eigenvalue weighted by Gasteiger charge is -2.27. The van der Waals surface area contributed by atoms with Crippen LogP contribution in [0.4, 0.5) is 5.82 Å². The Balaban J connectivity index is 2.29. The van der Waals surface area contributed by atoms with Crippen molar-refractivity contribution in [3.8, 4) is 0 Å². The van der Waals surface area contributed by atoms with Crippen molar-refractivity contribution in [1.29, 1.82) is 0 Å². The van der Waals surface area contributed by atoms with Gasteiger partial charge in [0.1, 0.15) is 23.7 Å². The van der Waals surface area contributed by atoms with E-state index in [0.29, 0.717) is 17.3 Å². The third-order valence-corrected chi connectivity index (χ3v) is 5.48. The van der Waals surface area contributed by atoms with E-state index in [1.54, 1.807) is 6.07 Å². The van der Waals surface area contributed by atoms with Gasteiger partial charge in [-0.15, -0.1) is 11.8 Å². The van der Waals surface area contributed by atoms with Gasteiger partial charge in [0.05, 0.1) is 11.5 Å². The third kappa shape index (κ3) is 3.60. The molecule has 1 saturated heterocycles. The number of anilines is 1. The molecule has 1 fully saturated rings. The average molecular weight is 317 g/mol. The first-order valence-electron chi connectivity index (χ1n) is 5.96. The lowest BCUT2D eigenvalue weighted by molar-refractivity contribution is -0.135. The maximum atomic E-state index is 11.6. The highest BCUT2D eigenvalue weighted by molar-refractivity contribution is 7.98. The summed E-state index contributed by atoms with van der Waals surface area (Å²) in [5.74, 6) is -0.500. The minimum atomic E-state index is -3.08. The zero-order chi connectivity index (χ0) is 14.8. The number of hydrogen-bond acceptors (Lipinski definition) is 7. The van der Waals surface area contributed by atoms with Crippen LogP contribution in [0.1, 0.15) is 6.42 Å². The third-order valence-electron chi connectivity index (χ3n) is 3.09. The van der Waals surface area contributed by atoms with Crippen LogP contribution in [0.25, 0.3) is 0 Å². The number of carboxylic acids is 1. The van der Waals surface area contributed by atoms with Gasteiger partial charge in [-0.3, -0.25) is 4.79 Å². The number of aliphatic carboxylic acids is 1. The van der Waals surface area contributed by atoms with E-state index in [0.717, 1.165) is 0 Å². The van der Waals surface area contributed by atoms with Gasteiger partial charge in [-0.2, -0.15) is 0 Å². The van der Waals surface area contributed by atoms with Crippen LogP contribution in [-0.2, 0) is 14.6 Å². The van der Waals surface area contributed by atoms with Crippen LogP contribution in [0.5, 0.6) is 0 Å². The minimum Gasteiger partial charge on any atom is -0.480 e. The molecule has 2 heterocycles. The van der Waals surface area contributed by atoms with Crippen molar-refractivity contribution < 1.29 is 18.3 Å². The second kappa shape index (κ2) is 5.96. The Morgan fingerprint density at radius 3 is 2.85 bits per heavy atom. The van der Waals surface area contributed by atoms with E-state index in [2.05, 4.69) is 9.97 Å². The Hall–Kier alpha value is -1.35. The fourth-order valence-corrected chi connectivity index (χ4v) is 4.27. The summed E-state index contributed by atoms with van der Waals surface area (Å²) in [6.45, 7) is -0.273. The fourth-order valence-electron chi connectivity index (χ4n) is 2.16. The Morgan fingerprint density at radius 2 is 2.30 bits per heavy atom. The summed E-state index contributed by atoms with van der Waals surface area (Å²) in [5, 5.41) is 9.74. The number of thioether (sulfide) groups is 1. The molecule has 9 heteroatoms. The van der Waals surface area contributed by atoms with Crippen LogP contribution in [0, 0.1) is 0 Å². The van der Waals surface area contributed by atoms with Crippen molar-refractivity contribution in [3.63, 3.8) is 0 Å². The summed E-state index contributed by atoms with van der Waals surface area (Å²) in [5.41, 5.74) is 0. The lowest BCUT2D eigenvalue weighted by atomic mass is 10.2. The predicted molar refractivity (Wildman–Crippen MR) is 75.9 cm³/mol. The summed E-state index contributed by atoms with van der Waals surface area (Å²) < 4.78 is 23.1. The van der Waals surface area contributed by atoms with Crippen molar-refractivity contribution >= 4 is 33.4 Å². The number of carbonyl (C=O) groups is 1. The van der Waals surface area contributed by atoms with Gasteiger partial charge in [0.15, 0.2) is 9.84 Å². The van der Waals surface area contributed by atoms with Crippen molar-refractivity contribution in [2.75, 3.05) is 29.2 Å². The largest absolute Gasteiger partial charge is 0.480 e. The van der Waals surface area contributed by atoms with E-state index in [1.165, 1.54) is 23.0 Å². The maximum absolute atomic E-state index is 11.6. The first kappa shape index (κ1) is 15.0. The van der Waals surface area contributed by atoms with Gasteiger partial charge in [0.25, 0.3) is 0 Å². The number of carboxylic acid groups (broad SMARTS) is 1. The molecule has 1 aromatic heterocycles. The molecule has 1 atom stereocenters. The maximum Gasteiger partial charge on any atom is 0.323 e. The lowest BCUT2D eigenvalue weighted by Crippen LogP contribution is -2.40. The number of rotatable bonds is 5. The van der Waals surface area contributed by atoms with Crippen LogP contribution in [-0.4, -0.2) is 59.8 Å². The average Bonchev–Trinajstić information content (AvgIpc) is 2.76. The Kier molecular flexibility index (Phi) is 4.48. The van der Waals surface area contributed by atoms with E-state index in [-0.39, 0.29) is 24.1 Å². The summed E-state index contributed by atoms with van der Waals surface area (Å²) in [7, 11) is -3.08. The SMILES string of the molecule is CSc1cc(N(CC(=O)O)C2CCS(=O)(=O)C2)ncn1. The molecule has 1 aliphatic heterocycles. The van der Waals surface area contributed by atoms with Crippen molar-refractivity contribution in [2.45, 2.75) is 17.5 Å². The van der Waals surface area contributed by atoms with Crippen molar-refractivity contribution in [3.05, 3.63) is 12.4 Å². The van der Waals surface area contributed by atoms with Gasteiger partial charge >= 0.3 is 5.97 Å². The van der Waals surface area contributed by atoms with Gasteiger partial charge < -0.3 is 10.0 Å². The monoisotopic (exact) mass is 317 g/mol. The molecule has 20 heavy (non-hydrogen) atoms. The molecule has 2 rings (SSSR count). The molecular formula is C11H15N3O4S2. The quantitative estimate of drug-likeness (QED) is 0.610. The fraction of sp³-hybridized carbons (Fsp3) is 0.545. The van der Waals surface area contributed by atoms with E-state index in [1.807, 2.05) is 6.26 Å². The number of aromatic nitrogens is 2. The molecule has 0 aliphatic carbocycles. The molecule has 0 radical (unpaired) electrons. The molecule has 0 aromatic carbocycles. The Bertz CT molecular complexity index is 605. The van der Waals surface area contributed by atoms with Gasteiger partial charge in [-0.25, -0.2) is 18.4 Å². The first-order valence-corrected chi connectivity index (χ1v) is 9.01. The molecule has 0 bridgehead atoms. The summed E-state index contributed by atoms with van der Waals surface area (Å²) in [6.07, 6.45) is 3.64. The number of hydrogen-bond donors (Lipinski definition) is 1. The topological polar surface area (TPSA) is 100 Å². The number of nitrogens with zero attached hydrogens (tertiary/aromatic N) is 3. The van der Waals surface area contributed by atoms with Gasteiger partial charge in [-0.05, 0) is 12.7 Å². The molecule has 1 aliphatic rings. The Morgan fingerprint density at radius 1 is 1.55 bits per heavy atom. The zero-order valence-corrected chi connectivity index (χ0v) is 12.5. The van der Waals surface area contributed by atoms with Gasteiger partial charge in [-0.1, -0.05) is 0 Å². The molecule has 0 amide bonds. The van der Waals surface area contributed by atoms with Crippen LogP contribution in [0.15, 0.2) is 17.4 Å². The van der Waals surface area contributed by atoms with E-state index < -0.39 is 15.8 Å². The number of sulfone groups is 1. The first-order chi connectivity index (χ1) is 9.41. The predicted octanol–water partition coefficient (Wildman–Crippen LogP) is 0.277. The smallest absolute Gasteiger partial charge is 0.323 e. The van der Waals surface area contributed by atoms with Gasteiger partial charge in [0.2, 0.25) is 0 Å². The molecular weight excluding hydrogens is 302 g/mol.